The van der Waals surface area contributed by atoms with Crippen molar-refractivity contribution in [2.45, 2.75) is 0 Å². The summed E-state index contributed by atoms with van der Waals surface area (Å²) in [7, 11) is 0. The van der Waals surface area contributed by atoms with E-state index in [0.717, 1.165) is 0 Å². The summed E-state index contributed by atoms with van der Waals surface area (Å²) in [5, 5.41) is 29.6. The van der Waals surface area contributed by atoms with E-state index in [1.54, 1.807) is 48.5 Å². The van der Waals surface area contributed by atoms with Gasteiger partial charge in [-0.15, -0.1) is 30.6 Å². The van der Waals surface area contributed by atoms with Crippen molar-refractivity contribution in [3.63, 3.8) is 0 Å². The van der Waals surface area contributed by atoms with E-state index in [1.807, 2.05) is 0 Å². The van der Waals surface area contributed by atoms with Gasteiger partial charge >= 0.3 is 0 Å². The second-order valence-electron chi connectivity index (χ2n) is 6.71. The zero-order chi connectivity index (χ0) is 27.2. The molecule has 0 aliphatic heterocycles. The van der Waals surface area contributed by atoms with E-state index in [9.17, 15) is 0 Å². The number of hydrogen-bond donors (Lipinski definition) is 8. The summed E-state index contributed by atoms with van der Waals surface area (Å²) in [6.45, 7) is 0. The van der Waals surface area contributed by atoms with Crippen molar-refractivity contribution < 1.29 is 4.74 Å². The van der Waals surface area contributed by atoms with E-state index in [-0.39, 0.29) is 23.8 Å². The fraction of sp³-hybridized carbons (Fsp3) is 0. The fourth-order valence-electron chi connectivity index (χ4n) is 2.36. The van der Waals surface area contributed by atoms with Gasteiger partial charge in [-0.2, -0.15) is 10.2 Å². The fourth-order valence-corrected chi connectivity index (χ4v) is 2.36. The first kappa shape index (κ1) is 27.2. The van der Waals surface area contributed by atoms with Crippen molar-refractivity contribution in [3.05, 3.63) is 59.7 Å². The summed E-state index contributed by atoms with van der Waals surface area (Å²) in [5.41, 5.74) is 44.2. The van der Waals surface area contributed by atoms with Gasteiger partial charge in [0, 0.05) is 11.1 Å². The normalized spacial score (nSPS) is 11.7. The van der Waals surface area contributed by atoms with Gasteiger partial charge in [0.05, 0.1) is 12.4 Å². The molecule has 2 rings (SSSR count). The molecule has 0 bridgehead atoms. The lowest BCUT2D eigenvalue weighted by Crippen LogP contribution is -2.22. The number of guanidine groups is 4. The highest BCUT2D eigenvalue weighted by atomic mass is 16.5. The van der Waals surface area contributed by atoms with E-state index in [1.165, 1.54) is 12.4 Å². The molecule has 16 N–H and O–H groups in total. The molecule has 2 aromatic carbocycles. The molecule has 0 spiro atoms. The largest absolute Gasteiger partial charge is 0.457 e. The topological polar surface area (TPSA) is 316 Å². The van der Waals surface area contributed by atoms with Gasteiger partial charge < -0.3 is 50.6 Å². The minimum absolute atomic E-state index is 0.220. The number of nitrogens with two attached hydrogens (primary N) is 8. The predicted octanol–water partition coefficient (Wildman–Crippen LogP) is -2.05. The van der Waals surface area contributed by atoms with Gasteiger partial charge in [0.2, 0.25) is 23.8 Å². The molecule has 0 aliphatic carbocycles. The van der Waals surface area contributed by atoms with Crippen molar-refractivity contribution in [2.24, 2.45) is 86.7 Å². The van der Waals surface area contributed by atoms with Crippen LogP contribution in [0.25, 0.3) is 0 Å². The van der Waals surface area contributed by atoms with Gasteiger partial charge in [0.1, 0.15) is 22.9 Å². The van der Waals surface area contributed by atoms with E-state index in [4.69, 9.17) is 50.6 Å². The Labute approximate surface area is 210 Å². The molecule has 0 saturated carbocycles. The summed E-state index contributed by atoms with van der Waals surface area (Å²) in [5.74, 6) is 0.159. The SMILES string of the molecule is NC(N)=NN=CC(=NN=C(N)N)c1ccc(Oc2ccc(C(C=NN=C(N)N)=NN=C(N)N)cc2)cc1. The van der Waals surface area contributed by atoms with Crippen LogP contribution >= 0.6 is 0 Å². The quantitative estimate of drug-likeness (QED) is 0.0996. The molecule has 0 saturated heterocycles. The molecule has 192 valence electrons. The third-order valence-electron chi connectivity index (χ3n) is 3.79. The van der Waals surface area contributed by atoms with Gasteiger partial charge in [-0.25, -0.2) is 0 Å². The van der Waals surface area contributed by atoms with E-state index < -0.39 is 0 Å². The Bertz CT molecular complexity index is 1180. The Morgan fingerprint density at radius 3 is 1.08 bits per heavy atom. The summed E-state index contributed by atoms with van der Waals surface area (Å²) >= 11 is 0. The van der Waals surface area contributed by atoms with Crippen LogP contribution in [0.1, 0.15) is 11.1 Å². The molecule has 0 aliphatic rings. The van der Waals surface area contributed by atoms with Crippen LogP contribution in [-0.4, -0.2) is 47.7 Å². The van der Waals surface area contributed by atoms with Crippen molar-refractivity contribution in [1.29, 1.82) is 0 Å². The summed E-state index contributed by atoms with van der Waals surface area (Å²) in [4.78, 5) is 0. The first-order valence-electron chi connectivity index (χ1n) is 10.1. The lowest BCUT2D eigenvalue weighted by molar-refractivity contribution is 0.482. The predicted molar refractivity (Wildman–Crippen MR) is 146 cm³/mol. The van der Waals surface area contributed by atoms with Crippen LogP contribution in [0.3, 0.4) is 0 Å². The standard InChI is InChI=1S/C20H26N16O/c21-17(22)33-29-9-15(31-35-19(25)26)11-1-5-13(6-2-11)37-14-7-3-12(4-8-14)16(32-36-20(27)28)10-30-34-18(23)24/h1-10H,(H4,21,22,33)(H4,23,24,34)(H4,25,26,35)(H4,27,28,36). The third-order valence-corrected chi connectivity index (χ3v) is 3.79. The molecule has 0 heterocycles. The third kappa shape index (κ3) is 10.2. The van der Waals surface area contributed by atoms with Crippen LogP contribution in [0.4, 0.5) is 0 Å². The Kier molecular flexibility index (Phi) is 10.0. The highest BCUT2D eigenvalue weighted by molar-refractivity contribution is 6.38. The lowest BCUT2D eigenvalue weighted by Gasteiger charge is -2.08. The molecule has 0 fully saturated rings. The average Bonchev–Trinajstić information content (AvgIpc) is 2.84. The van der Waals surface area contributed by atoms with Crippen molar-refractivity contribution in [2.75, 3.05) is 0 Å². The number of ether oxygens (including phenoxy) is 1. The second-order valence-corrected chi connectivity index (χ2v) is 6.71. The first-order valence-corrected chi connectivity index (χ1v) is 10.1. The molecule has 0 aromatic heterocycles. The molecule has 2 aromatic rings. The van der Waals surface area contributed by atoms with E-state index in [0.29, 0.717) is 34.0 Å². The number of hydrogen-bond acceptors (Lipinski definition) is 9. The molecule has 17 nitrogen and oxygen atoms in total. The zero-order valence-corrected chi connectivity index (χ0v) is 19.4. The maximum Gasteiger partial charge on any atom is 0.211 e. The first-order chi connectivity index (χ1) is 17.6. The molecule has 0 unspecified atom stereocenters. The van der Waals surface area contributed by atoms with E-state index >= 15 is 0 Å². The smallest absolute Gasteiger partial charge is 0.211 e. The summed E-state index contributed by atoms with van der Waals surface area (Å²) in [6, 6.07) is 13.7. The monoisotopic (exact) mass is 506 g/mol. The van der Waals surface area contributed by atoms with Crippen LogP contribution in [0.2, 0.25) is 0 Å². The molecule has 37 heavy (non-hydrogen) atoms. The summed E-state index contributed by atoms with van der Waals surface area (Å²) in [6.07, 6.45) is 2.58. The van der Waals surface area contributed by atoms with Gasteiger partial charge in [-0.3, -0.25) is 0 Å². The Balaban J connectivity index is 2.23. The van der Waals surface area contributed by atoms with Gasteiger partial charge in [-0.1, -0.05) is 0 Å². The maximum absolute atomic E-state index is 5.88. The van der Waals surface area contributed by atoms with Gasteiger partial charge in [-0.05, 0) is 48.5 Å². The van der Waals surface area contributed by atoms with Crippen molar-refractivity contribution >= 4 is 47.7 Å². The Morgan fingerprint density at radius 2 is 0.784 bits per heavy atom. The van der Waals surface area contributed by atoms with Crippen molar-refractivity contribution in [3.8, 4) is 11.5 Å². The maximum atomic E-state index is 5.88. The highest BCUT2D eigenvalue weighted by Gasteiger charge is 2.06. The number of rotatable bonds is 10. The lowest BCUT2D eigenvalue weighted by atomic mass is 10.1. The van der Waals surface area contributed by atoms with Gasteiger partial charge in [0.25, 0.3) is 0 Å². The number of nitrogens with zero attached hydrogens (tertiary/aromatic N) is 8. The van der Waals surface area contributed by atoms with Crippen LogP contribution in [0, 0.1) is 0 Å². The summed E-state index contributed by atoms with van der Waals surface area (Å²) < 4.78 is 5.88. The molecule has 0 amide bonds. The van der Waals surface area contributed by atoms with Crippen LogP contribution in [0.5, 0.6) is 11.5 Å². The Morgan fingerprint density at radius 1 is 0.459 bits per heavy atom. The molecular weight excluding hydrogens is 480 g/mol. The molecule has 0 atom stereocenters. The van der Waals surface area contributed by atoms with Crippen LogP contribution in [-0.2, 0) is 0 Å². The van der Waals surface area contributed by atoms with Crippen LogP contribution in [0.15, 0.2) is 89.3 Å². The molecule has 17 heteroatoms. The Hall–Kier alpha value is -6.00. The molecule has 0 radical (unpaired) electrons. The van der Waals surface area contributed by atoms with E-state index in [2.05, 4.69) is 40.8 Å². The van der Waals surface area contributed by atoms with Gasteiger partial charge in [0.15, 0.2) is 0 Å². The second kappa shape index (κ2) is 13.6. The minimum Gasteiger partial charge on any atom is -0.457 e. The van der Waals surface area contributed by atoms with Crippen LogP contribution < -0.4 is 50.6 Å². The minimum atomic E-state index is -0.231. The highest BCUT2D eigenvalue weighted by Crippen LogP contribution is 2.22. The van der Waals surface area contributed by atoms with Crippen molar-refractivity contribution in [1.82, 2.24) is 0 Å². The zero-order valence-electron chi connectivity index (χ0n) is 19.4. The average molecular weight is 507 g/mol. The number of benzene rings is 2. The molecular formula is C20H26N16O.